The van der Waals surface area contributed by atoms with Crippen molar-refractivity contribution in [1.29, 1.82) is 5.26 Å². The van der Waals surface area contributed by atoms with Crippen LogP contribution in [-0.2, 0) is 14.3 Å². The molecule has 1 amide bonds. The van der Waals surface area contributed by atoms with Gasteiger partial charge in [0, 0.05) is 6.54 Å². The summed E-state index contributed by atoms with van der Waals surface area (Å²) < 4.78 is 5.34. The summed E-state index contributed by atoms with van der Waals surface area (Å²) in [4.78, 5) is 26.0. The van der Waals surface area contributed by atoms with E-state index in [-0.39, 0.29) is 18.1 Å². The molecule has 0 N–H and O–H groups in total. The lowest BCUT2D eigenvalue weighted by molar-refractivity contribution is -0.137. The zero-order valence-corrected chi connectivity index (χ0v) is 15.7. The predicted octanol–water partition coefficient (Wildman–Crippen LogP) is 3.54. The molecule has 0 aliphatic carbocycles. The lowest BCUT2D eigenvalue weighted by atomic mass is 10.1. The first kappa shape index (κ1) is 19.6. The minimum Gasteiger partial charge on any atom is -0.462 e. The van der Waals surface area contributed by atoms with Crippen molar-refractivity contribution in [1.82, 2.24) is 4.90 Å². The van der Waals surface area contributed by atoms with Crippen molar-refractivity contribution in [3.8, 4) is 6.07 Å². The smallest absolute Gasteiger partial charge is 0.348 e. The Morgan fingerprint density at radius 1 is 1.38 bits per heavy atom. The van der Waals surface area contributed by atoms with E-state index in [9.17, 15) is 9.59 Å². The van der Waals surface area contributed by atoms with E-state index in [1.165, 1.54) is 22.7 Å². The lowest BCUT2D eigenvalue weighted by Crippen LogP contribution is -2.27. The number of esters is 1. The van der Waals surface area contributed by atoms with Gasteiger partial charge in [-0.3, -0.25) is 9.69 Å². The Bertz CT molecular complexity index is 849. The fourth-order valence-electron chi connectivity index (χ4n) is 2.14. The van der Waals surface area contributed by atoms with Crippen LogP contribution >= 0.6 is 24.0 Å². The molecular formula is C19H16N2O3S2. The molecule has 2 rings (SSSR count). The van der Waals surface area contributed by atoms with E-state index >= 15 is 0 Å². The molecule has 1 heterocycles. The maximum absolute atomic E-state index is 12.3. The van der Waals surface area contributed by atoms with E-state index in [1.54, 1.807) is 43.3 Å². The molecule has 132 valence electrons. The molecule has 7 heteroatoms. The van der Waals surface area contributed by atoms with Gasteiger partial charge in [-0.1, -0.05) is 54.3 Å². The molecule has 0 atom stereocenters. The van der Waals surface area contributed by atoms with Crippen LogP contribution in [0, 0.1) is 11.3 Å². The van der Waals surface area contributed by atoms with Gasteiger partial charge >= 0.3 is 5.97 Å². The number of nitriles is 1. The van der Waals surface area contributed by atoms with Crippen molar-refractivity contribution in [3.05, 3.63) is 58.5 Å². The van der Waals surface area contributed by atoms with Crippen LogP contribution in [0.15, 0.2) is 47.4 Å². The molecule has 1 aromatic carbocycles. The third-order valence-corrected chi connectivity index (χ3v) is 4.72. The van der Waals surface area contributed by atoms with Crippen LogP contribution in [0.3, 0.4) is 0 Å². The van der Waals surface area contributed by atoms with Gasteiger partial charge in [0.2, 0.25) is 0 Å². The van der Waals surface area contributed by atoms with E-state index in [0.717, 1.165) is 5.56 Å². The van der Waals surface area contributed by atoms with Crippen LogP contribution in [0.2, 0.25) is 0 Å². The molecule has 5 nitrogen and oxygen atoms in total. The standard InChI is InChI=1S/C19H16N2O3S2/c1-3-9-21-17(22)16(26-19(21)25)11-14-7-5-13(6-8-14)10-15(12-20)18(23)24-4-2/h3,5-8,10-11H,1,4,9H2,2H3/b15-10+,16-11+. The molecule has 26 heavy (non-hydrogen) atoms. The maximum Gasteiger partial charge on any atom is 0.348 e. The fraction of sp³-hybridized carbons (Fsp3) is 0.158. The summed E-state index contributed by atoms with van der Waals surface area (Å²) in [5, 5.41) is 9.06. The number of hydrogen-bond donors (Lipinski definition) is 0. The fourth-order valence-corrected chi connectivity index (χ4v) is 3.41. The van der Waals surface area contributed by atoms with Crippen molar-refractivity contribution in [2.75, 3.05) is 13.2 Å². The summed E-state index contributed by atoms with van der Waals surface area (Å²) in [5.74, 6) is -0.789. The number of carbonyl (C=O) groups excluding carboxylic acids is 2. The first-order valence-electron chi connectivity index (χ1n) is 7.75. The van der Waals surface area contributed by atoms with Crippen molar-refractivity contribution in [2.24, 2.45) is 0 Å². The number of rotatable bonds is 6. The molecule has 1 aliphatic heterocycles. The highest BCUT2D eigenvalue weighted by molar-refractivity contribution is 8.26. The molecule has 1 aromatic rings. The Morgan fingerprint density at radius 3 is 2.62 bits per heavy atom. The topological polar surface area (TPSA) is 70.4 Å². The van der Waals surface area contributed by atoms with Gasteiger partial charge in [0.1, 0.15) is 16.0 Å². The summed E-state index contributed by atoms with van der Waals surface area (Å²) >= 11 is 6.45. The highest BCUT2D eigenvalue weighted by atomic mass is 32.2. The van der Waals surface area contributed by atoms with Gasteiger partial charge in [-0.15, -0.1) is 6.58 Å². The second-order valence-corrected chi connectivity index (χ2v) is 6.81. The van der Waals surface area contributed by atoms with Gasteiger partial charge in [0.15, 0.2) is 0 Å². The third kappa shape index (κ3) is 4.69. The van der Waals surface area contributed by atoms with Crippen molar-refractivity contribution in [2.45, 2.75) is 6.92 Å². The van der Waals surface area contributed by atoms with E-state index in [1.807, 2.05) is 6.07 Å². The number of ether oxygens (including phenoxy) is 1. The van der Waals surface area contributed by atoms with E-state index in [0.29, 0.717) is 21.3 Å². The second kappa shape index (κ2) is 9.13. The molecule has 0 unspecified atom stereocenters. The molecule has 0 radical (unpaired) electrons. The molecule has 1 fully saturated rings. The number of thioether (sulfide) groups is 1. The molecular weight excluding hydrogens is 368 g/mol. The Balaban J connectivity index is 2.19. The quantitative estimate of drug-likeness (QED) is 0.246. The zero-order valence-electron chi connectivity index (χ0n) is 14.1. The first-order chi connectivity index (χ1) is 12.5. The number of benzene rings is 1. The lowest BCUT2D eigenvalue weighted by Gasteiger charge is -2.10. The minimum absolute atomic E-state index is 0.0649. The number of hydrogen-bond acceptors (Lipinski definition) is 6. The van der Waals surface area contributed by atoms with Crippen LogP contribution in [-0.4, -0.2) is 34.2 Å². The maximum atomic E-state index is 12.3. The van der Waals surface area contributed by atoms with Crippen LogP contribution in [0.25, 0.3) is 12.2 Å². The predicted molar refractivity (Wildman–Crippen MR) is 107 cm³/mol. The summed E-state index contributed by atoms with van der Waals surface area (Å²) in [6, 6.07) is 8.94. The first-order valence-corrected chi connectivity index (χ1v) is 8.97. The minimum atomic E-state index is -0.648. The van der Waals surface area contributed by atoms with E-state index in [2.05, 4.69) is 6.58 Å². The van der Waals surface area contributed by atoms with Gasteiger partial charge < -0.3 is 4.74 Å². The average molecular weight is 384 g/mol. The highest BCUT2D eigenvalue weighted by Crippen LogP contribution is 2.32. The normalized spacial score (nSPS) is 15.9. The van der Waals surface area contributed by atoms with Crippen LogP contribution in [0.5, 0.6) is 0 Å². The van der Waals surface area contributed by atoms with Gasteiger partial charge in [0.25, 0.3) is 5.91 Å². The number of nitrogens with zero attached hydrogens (tertiary/aromatic N) is 2. The number of thiocarbonyl (C=S) groups is 1. The molecule has 1 saturated heterocycles. The molecule has 0 aromatic heterocycles. The Morgan fingerprint density at radius 2 is 2.04 bits per heavy atom. The molecule has 0 bridgehead atoms. The van der Waals surface area contributed by atoms with E-state index in [4.69, 9.17) is 22.2 Å². The summed E-state index contributed by atoms with van der Waals surface area (Å²) in [5.41, 5.74) is 1.44. The molecule has 0 spiro atoms. The summed E-state index contributed by atoms with van der Waals surface area (Å²) in [6.07, 6.45) is 4.85. The Hall–Kier alpha value is -2.69. The summed E-state index contributed by atoms with van der Waals surface area (Å²) in [7, 11) is 0. The molecule has 1 aliphatic rings. The zero-order chi connectivity index (χ0) is 19.1. The van der Waals surface area contributed by atoms with Gasteiger partial charge in [-0.2, -0.15) is 5.26 Å². The van der Waals surface area contributed by atoms with Crippen LogP contribution in [0.1, 0.15) is 18.1 Å². The largest absolute Gasteiger partial charge is 0.462 e. The Labute approximate surface area is 161 Å². The van der Waals surface area contributed by atoms with Crippen LogP contribution in [0.4, 0.5) is 0 Å². The average Bonchev–Trinajstić information content (AvgIpc) is 2.89. The van der Waals surface area contributed by atoms with Gasteiger partial charge in [-0.25, -0.2) is 4.79 Å². The van der Waals surface area contributed by atoms with Crippen molar-refractivity contribution in [3.63, 3.8) is 0 Å². The SMILES string of the molecule is C=CCN1C(=O)/C(=C\c2ccc(/C=C(\C#N)C(=O)OCC)cc2)SC1=S. The van der Waals surface area contributed by atoms with E-state index < -0.39 is 5.97 Å². The second-order valence-electron chi connectivity index (χ2n) is 5.14. The number of carbonyl (C=O) groups is 2. The summed E-state index contributed by atoms with van der Waals surface area (Å²) in [6.45, 7) is 5.90. The van der Waals surface area contributed by atoms with Gasteiger partial charge in [-0.05, 0) is 30.2 Å². The monoisotopic (exact) mass is 384 g/mol. The number of amides is 1. The third-order valence-electron chi connectivity index (χ3n) is 3.35. The van der Waals surface area contributed by atoms with Crippen molar-refractivity contribution < 1.29 is 14.3 Å². The molecule has 0 saturated carbocycles. The highest BCUT2D eigenvalue weighted by Gasteiger charge is 2.30. The Kier molecular flexibility index (Phi) is 6.89. The van der Waals surface area contributed by atoms with Crippen molar-refractivity contribution >= 4 is 52.3 Å². The van der Waals surface area contributed by atoms with Crippen LogP contribution < -0.4 is 0 Å². The van der Waals surface area contributed by atoms with Gasteiger partial charge in [0.05, 0.1) is 11.5 Å².